The topological polar surface area (TPSA) is 76.6 Å². The van der Waals surface area contributed by atoms with Crippen LogP contribution in [0, 0.1) is 0 Å². The van der Waals surface area contributed by atoms with Crippen molar-refractivity contribution >= 4 is 51.9 Å². The maximum atomic E-state index is 13.8. The van der Waals surface area contributed by atoms with E-state index in [4.69, 9.17) is 16.0 Å². The monoisotopic (exact) mass is 557 g/mol. The van der Waals surface area contributed by atoms with E-state index < -0.39 is 6.04 Å². The second-order valence-electron chi connectivity index (χ2n) is 8.63. The minimum Gasteiger partial charge on any atom is -0.457 e. The van der Waals surface area contributed by atoms with Gasteiger partial charge in [-0.1, -0.05) is 59.3 Å². The van der Waals surface area contributed by atoms with Gasteiger partial charge in [0, 0.05) is 27.2 Å². The van der Waals surface area contributed by atoms with Crippen molar-refractivity contribution in [1.82, 2.24) is 4.57 Å². The van der Waals surface area contributed by atoms with Gasteiger partial charge in [0.25, 0.3) is 11.5 Å². The molecule has 1 N–H and O–H groups in total. The highest BCUT2D eigenvalue weighted by Gasteiger charge is 2.33. The number of nitrogens with zero attached hydrogens (tertiary/aromatic N) is 2. The molecule has 1 atom stereocenters. The number of thiophene rings is 1. The smallest absolute Gasteiger partial charge is 0.271 e. The molecule has 9 heteroatoms. The fourth-order valence-corrected chi connectivity index (χ4v) is 6.44. The Morgan fingerprint density at radius 3 is 2.68 bits per heavy atom. The number of carbonyl (C=O) groups excluding carboxylic acids is 1. The van der Waals surface area contributed by atoms with Gasteiger partial charge in [0.1, 0.15) is 17.6 Å². The van der Waals surface area contributed by atoms with Crippen LogP contribution in [0.2, 0.25) is 5.02 Å². The Hall–Kier alpha value is -3.98. The first kappa shape index (κ1) is 24.4. The van der Waals surface area contributed by atoms with Gasteiger partial charge in [-0.15, -0.1) is 11.3 Å². The molecule has 5 aromatic rings. The maximum Gasteiger partial charge on any atom is 0.271 e. The zero-order valence-corrected chi connectivity index (χ0v) is 22.4. The first-order valence-corrected chi connectivity index (χ1v) is 13.8. The van der Waals surface area contributed by atoms with Crippen molar-refractivity contribution in [3.63, 3.8) is 0 Å². The number of amides is 1. The van der Waals surface area contributed by atoms with Gasteiger partial charge in [-0.2, -0.15) is 0 Å². The number of allylic oxidation sites excluding steroid dienone is 1. The molecule has 0 unspecified atom stereocenters. The van der Waals surface area contributed by atoms with E-state index in [2.05, 4.69) is 10.3 Å². The summed E-state index contributed by atoms with van der Waals surface area (Å²) in [6.07, 6.45) is 1.71. The van der Waals surface area contributed by atoms with Gasteiger partial charge in [-0.3, -0.25) is 14.2 Å². The third-order valence-electron chi connectivity index (χ3n) is 6.12. The van der Waals surface area contributed by atoms with Gasteiger partial charge in [0.05, 0.1) is 15.8 Å². The standard InChI is InChI=1S/C29H20ClN3O3S2/c1-17-25(27(34)32-20-9-3-2-4-10-20)26(23-11-6-14-37-23)33-28(35)24(38-29(33)31-17)16-21-12-13-22(36-21)18-7-5-8-19(30)15-18/h2-16,26H,1H3,(H,32,34)/b24-16+/t26-/m1/s1. The van der Waals surface area contributed by atoms with E-state index in [9.17, 15) is 9.59 Å². The summed E-state index contributed by atoms with van der Waals surface area (Å²) in [6, 6.07) is 23.6. The van der Waals surface area contributed by atoms with Gasteiger partial charge in [0.15, 0.2) is 4.80 Å². The number of furan rings is 1. The van der Waals surface area contributed by atoms with Gasteiger partial charge in [-0.05, 0) is 54.8 Å². The highest BCUT2D eigenvalue weighted by molar-refractivity contribution is 7.10. The fraction of sp³-hybridized carbons (Fsp3) is 0.0690. The van der Waals surface area contributed by atoms with Crippen LogP contribution < -0.4 is 20.2 Å². The zero-order chi connectivity index (χ0) is 26.2. The quantitative estimate of drug-likeness (QED) is 0.294. The van der Waals surface area contributed by atoms with Crippen LogP contribution in [0.15, 0.2) is 110 Å². The van der Waals surface area contributed by atoms with Crippen LogP contribution in [0.3, 0.4) is 0 Å². The normalized spacial score (nSPS) is 15.3. The molecule has 6 rings (SSSR count). The lowest BCUT2D eigenvalue weighted by Crippen LogP contribution is -2.40. The van der Waals surface area contributed by atoms with Gasteiger partial charge in [0.2, 0.25) is 0 Å². The highest BCUT2D eigenvalue weighted by Crippen LogP contribution is 2.33. The van der Waals surface area contributed by atoms with Crippen molar-refractivity contribution in [1.29, 1.82) is 0 Å². The van der Waals surface area contributed by atoms with Crippen LogP contribution in [0.1, 0.15) is 23.6 Å². The summed E-state index contributed by atoms with van der Waals surface area (Å²) in [4.78, 5) is 33.3. The first-order valence-electron chi connectivity index (χ1n) is 11.8. The van der Waals surface area contributed by atoms with Gasteiger partial charge >= 0.3 is 0 Å². The van der Waals surface area contributed by atoms with Crippen LogP contribution >= 0.6 is 34.3 Å². The lowest BCUT2D eigenvalue weighted by molar-refractivity contribution is -0.113. The summed E-state index contributed by atoms with van der Waals surface area (Å²) in [6.45, 7) is 1.81. The molecule has 1 aliphatic heterocycles. The number of fused-ring (bicyclic) bond motifs is 1. The largest absolute Gasteiger partial charge is 0.457 e. The molecule has 0 aliphatic carbocycles. The number of aromatic nitrogens is 1. The molecular formula is C29H20ClN3O3S2. The Labute approximate surface area is 230 Å². The van der Waals surface area contributed by atoms with E-state index in [0.29, 0.717) is 42.8 Å². The molecule has 0 saturated carbocycles. The molecule has 38 heavy (non-hydrogen) atoms. The minimum atomic E-state index is -0.587. The highest BCUT2D eigenvalue weighted by atomic mass is 35.5. The molecule has 188 valence electrons. The van der Waals surface area contributed by atoms with E-state index >= 15 is 0 Å². The van der Waals surface area contributed by atoms with Crippen LogP contribution in [-0.2, 0) is 4.79 Å². The third-order valence-corrected chi connectivity index (χ3v) is 8.26. The fourth-order valence-electron chi connectivity index (χ4n) is 4.40. The average Bonchev–Trinajstić information content (AvgIpc) is 3.66. The molecule has 6 nitrogen and oxygen atoms in total. The second kappa shape index (κ2) is 10.1. The molecule has 1 amide bonds. The molecule has 0 bridgehead atoms. The third kappa shape index (κ3) is 4.58. The summed E-state index contributed by atoms with van der Waals surface area (Å²) in [5.74, 6) is 0.900. The SMILES string of the molecule is CC1=C(C(=O)Nc2ccccc2)[C@@H](c2cccs2)n2c(s/c(=C/c3ccc(-c4cccc(Cl)c4)o3)c2=O)=N1. The number of thiazole rings is 1. The Morgan fingerprint density at radius 1 is 1.08 bits per heavy atom. The van der Waals surface area contributed by atoms with Crippen LogP contribution in [-0.4, -0.2) is 10.5 Å². The van der Waals surface area contributed by atoms with Crippen LogP contribution in [0.25, 0.3) is 17.4 Å². The minimum absolute atomic E-state index is 0.231. The molecule has 0 radical (unpaired) electrons. The molecule has 4 heterocycles. The predicted molar refractivity (Wildman–Crippen MR) is 152 cm³/mol. The Kier molecular flexibility index (Phi) is 6.45. The van der Waals surface area contributed by atoms with Crippen molar-refractivity contribution in [3.8, 4) is 11.3 Å². The second-order valence-corrected chi connectivity index (χ2v) is 11.1. The van der Waals surface area contributed by atoms with E-state index in [1.165, 1.54) is 22.7 Å². The first-order chi connectivity index (χ1) is 18.5. The number of nitrogens with one attached hydrogen (secondary N) is 1. The number of hydrogen-bond acceptors (Lipinski definition) is 6. The predicted octanol–water partition coefficient (Wildman–Crippen LogP) is 5.85. The maximum absolute atomic E-state index is 13.8. The number of anilines is 1. The Bertz CT molecular complexity index is 1870. The molecule has 3 aromatic heterocycles. The Morgan fingerprint density at radius 2 is 1.92 bits per heavy atom. The van der Waals surface area contributed by atoms with Crippen molar-refractivity contribution < 1.29 is 9.21 Å². The van der Waals surface area contributed by atoms with Crippen LogP contribution in [0.5, 0.6) is 0 Å². The van der Waals surface area contributed by atoms with Crippen molar-refractivity contribution in [2.75, 3.05) is 5.32 Å². The molecule has 0 fully saturated rings. The summed E-state index contributed by atoms with van der Waals surface area (Å²) >= 11 is 8.89. The summed E-state index contributed by atoms with van der Waals surface area (Å²) < 4.78 is 8.08. The van der Waals surface area contributed by atoms with E-state index in [1.54, 1.807) is 23.6 Å². The van der Waals surface area contributed by atoms with E-state index in [1.807, 2.05) is 78.2 Å². The molecule has 0 spiro atoms. The van der Waals surface area contributed by atoms with E-state index in [-0.39, 0.29) is 11.5 Å². The summed E-state index contributed by atoms with van der Waals surface area (Å²) in [7, 11) is 0. The summed E-state index contributed by atoms with van der Waals surface area (Å²) in [5.41, 5.74) is 2.31. The molecule has 2 aromatic carbocycles. The Balaban J connectivity index is 1.43. The zero-order valence-electron chi connectivity index (χ0n) is 20.1. The number of hydrogen-bond donors (Lipinski definition) is 1. The van der Waals surface area contributed by atoms with Gasteiger partial charge < -0.3 is 9.73 Å². The number of halogens is 1. The molecule has 0 saturated heterocycles. The summed E-state index contributed by atoms with van der Waals surface area (Å²) in [5, 5.41) is 5.51. The van der Waals surface area contributed by atoms with Crippen LogP contribution in [0.4, 0.5) is 5.69 Å². The molecule has 1 aliphatic rings. The molecular weight excluding hydrogens is 538 g/mol. The van der Waals surface area contributed by atoms with E-state index in [0.717, 1.165) is 10.4 Å². The number of carbonyl (C=O) groups is 1. The lowest BCUT2D eigenvalue weighted by atomic mass is 10.0. The number of rotatable bonds is 5. The van der Waals surface area contributed by atoms with Crippen molar-refractivity contribution in [2.24, 2.45) is 4.99 Å². The number of benzene rings is 2. The van der Waals surface area contributed by atoms with Crippen molar-refractivity contribution in [2.45, 2.75) is 13.0 Å². The van der Waals surface area contributed by atoms with Crippen molar-refractivity contribution in [3.05, 3.63) is 131 Å². The lowest BCUT2D eigenvalue weighted by Gasteiger charge is -2.24. The van der Waals surface area contributed by atoms with Gasteiger partial charge in [-0.25, -0.2) is 4.99 Å². The number of para-hydroxylation sites is 1. The average molecular weight is 558 g/mol.